The van der Waals surface area contributed by atoms with Crippen LogP contribution in [0, 0.1) is 0 Å². The Morgan fingerprint density at radius 2 is 1.02 bits per heavy atom. The number of furan rings is 1. The molecule has 4 heterocycles. The quantitative estimate of drug-likeness (QED) is 0.176. The SMILES string of the molecule is c1ccc(-c2cccc(-c3cc(-c4ccc5c(c4)oc4ccccc45)nc(-c4cccc5c4sc4c5ccc5c6ccccc6n(-c6ccccc6)c54)n3)c2)cc1. The highest BCUT2D eigenvalue weighted by Gasteiger charge is 2.21. The molecule has 0 bridgehead atoms. The molecule has 12 rings (SSSR count). The Bertz CT molecular complexity index is 3520. The lowest BCUT2D eigenvalue weighted by Gasteiger charge is -2.11. The lowest BCUT2D eigenvalue weighted by Crippen LogP contribution is -1.96. The van der Waals surface area contributed by atoms with E-state index in [0.29, 0.717) is 5.82 Å². The van der Waals surface area contributed by atoms with Crippen LogP contribution in [-0.4, -0.2) is 14.5 Å². The Morgan fingerprint density at radius 3 is 1.88 bits per heavy atom. The van der Waals surface area contributed by atoms with E-state index in [2.05, 4.69) is 180 Å². The third-order valence-corrected chi connectivity index (χ3v) is 12.5. The van der Waals surface area contributed by atoms with E-state index in [9.17, 15) is 0 Å². The zero-order chi connectivity index (χ0) is 37.5. The van der Waals surface area contributed by atoms with Gasteiger partial charge in [0.2, 0.25) is 0 Å². The highest BCUT2D eigenvalue weighted by atomic mass is 32.1. The smallest absolute Gasteiger partial charge is 0.161 e. The van der Waals surface area contributed by atoms with Gasteiger partial charge in [-0.25, -0.2) is 9.97 Å². The molecule has 0 aliphatic carbocycles. The molecule has 0 saturated carbocycles. The fourth-order valence-electron chi connectivity index (χ4n) is 8.56. The predicted octanol–water partition coefficient (Wildman–Crippen LogP) is 14.5. The Labute approximate surface area is 331 Å². The first-order valence-corrected chi connectivity index (χ1v) is 20.0. The van der Waals surface area contributed by atoms with Crippen molar-refractivity contribution in [3.05, 3.63) is 188 Å². The fraction of sp³-hybridized carbons (Fsp3) is 0. The second-order valence-electron chi connectivity index (χ2n) is 14.5. The second-order valence-corrected chi connectivity index (χ2v) is 15.5. The molecule has 8 aromatic carbocycles. The molecule has 5 heteroatoms. The summed E-state index contributed by atoms with van der Waals surface area (Å²) in [4.78, 5) is 10.8. The molecular weight excluding hydrogens is 715 g/mol. The average molecular weight is 746 g/mol. The van der Waals surface area contributed by atoms with Crippen molar-refractivity contribution in [3.8, 4) is 50.7 Å². The van der Waals surface area contributed by atoms with E-state index in [-0.39, 0.29) is 0 Å². The Hall–Kier alpha value is -7.34. The number of para-hydroxylation sites is 3. The summed E-state index contributed by atoms with van der Waals surface area (Å²) >= 11 is 1.83. The third kappa shape index (κ3) is 5.06. The molecule has 57 heavy (non-hydrogen) atoms. The van der Waals surface area contributed by atoms with Crippen molar-refractivity contribution in [3.63, 3.8) is 0 Å². The van der Waals surface area contributed by atoms with Gasteiger partial charge in [-0.1, -0.05) is 133 Å². The summed E-state index contributed by atoms with van der Waals surface area (Å²) in [6, 6.07) is 66.4. The van der Waals surface area contributed by atoms with Crippen LogP contribution >= 0.6 is 11.3 Å². The minimum atomic E-state index is 0.689. The molecule has 12 aromatic rings. The van der Waals surface area contributed by atoms with Gasteiger partial charge in [-0.2, -0.15) is 0 Å². The van der Waals surface area contributed by atoms with Gasteiger partial charge in [-0.05, 0) is 65.7 Å². The Kier molecular flexibility index (Phi) is 7.06. The largest absolute Gasteiger partial charge is 0.456 e. The first kappa shape index (κ1) is 32.0. The summed E-state index contributed by atoms with van der Waals surface area (Å²) in [5, 5.41) is 7.12. The summed E-state index contributed by atoms with van der Waals surface area (Å²) in [5.41, 5.74) is 12.3. The standard InChI is InChI=1S/C52H31N3OS/c1-3-13-32(14-4-1)33-15-11-16-34(29-33)44-31-45(35-25-26-39-38-20-8-10-24-47(38)56-48(39)30-35)54-52(53-44)43-22-12-21-41-42-28-27-40-37-19-7-9-23-46(37)55(36-17-5-2-6-18-36)49(40)51(42)57-50(41)43/h1-31H. The molecule has 0 fully saturated rings. The summed E-state index contributed by atoms with van der Waals surface area (Å²) in [6.45, 7) is 0. The summed E-state index contributed by atoms with van der Waals surface area (Å²) in [5.74, 6) is 0.689. The Morgan fingerprint density at radius 1 is 0.404 bits per heavy atom. The van der Waals surface area contributed by atoms with Crippen molar-refractivity contribution in [2.24, 2.45) is 0 Å². The first-order valence-electron chi connectivity index (χ1n) is 19.1. The highest BCUT2D eigenvalue weighted by molar-refractivity contribution is 7.27. The molecule has 0 aliphatic rings. The second kappa shape index (κ2) is 12.6. The molecule has 0 amide bonds. The molecule has 0 aliphatic heterocycles. The van der Waals surface area contributed by atoms with Crippen LogP contribution in [0.25, 0.3) is 115 Å². The van der Waals surface area contributed by atoms with Crippen molar-refractivity contribution < 1.29 is 4.42 Å². The van der Waals surface area contributed by atoms with Crippen molar-refractivity contribution in [1.29, 1.82) is 0 Å². The lowest BCUT2D eigenvalue weighted by molar-refractivity contribution is 0.669. The van der Waals surface area contributed by atoms with E-state index < -0.39 is 0 Å². The topological polar surface area (TPSA) is 43.9 Å². The molecule has 266 valence electrons. The predicted molar refractivity (Wildman–Crippen MR) is 238 cm³/mol. The maximum Gasteiger partial charge on any atom is 0.161 e. The van der Waals surface area contributed by atoms with Crippen LogP contribution in [0.1, 0.15) is 0 Å². The molecule has 0 N–H and O–H groups in total. The van der Waals surface area contributed by atoms with E-state index in [0.717, 1.165) is 61.3 Å². The average Bonchev–Trinajstić information content (AvgIpc) is 3.96. The number of thiophene rings is 1. The maximum atomic E-state index is 6.36. The maximum absolute atomic E-state index is 6.36. The van der Waals surface area contributed by atoms with Crippen molar-refractivity contribution in [1.82, 2.24) is 14.5 Å². The lowest BCUT2D eigenvalue weighted by atomic mass is 10.00. The fourth-order valence-corrected chi connectivity index (χ4v) is 9.91. The van der Waals surface area contributed by atoms with E-state index in [1.165, 1.54) is 47.5 Å². The number of nitrogens with zero attached hydrogens (tertiary/aromatic N) is 3. The van der Waals surface area contributed by atoms with Gasteiger partial charge < -0.3 is 8.98 Å². The van der Waals surface area contributed by atoms with Crippen LogP contribution in [-0.2, 0) is 0 Å². The van der Waals surface area contributed by atoms with Gasteiger partial charge in [0.05, 0.1) is 27.1 Å². The number of benzene rings is 8. The van der Waals surface area contributed by atoms with Gasteiger partial charge in [0.1, 0.15) is 11.2 Å². The van der Waals surface area contributed by atoms with Crippen LogP contribution in [0.4, 0.5) is 0 Å². The molecule has 0 unspecified atom stereocenters. The number of aromatic nitrogens is 3. The zero-order valence-electron chi connectivity index (χ0n) is 30.6. The minimum absolute atomic E-state index is 0.689. The van der Waals surface area contributed by atoms with Crippen molar-refractivity contribution in [2.45, 2.75) is 0 Å². The van der Waals surface area contributed by atoms with Gasteiger partial charge >= 0.3 is 0 Å². The van der Waals surface area contributed by atoms with E-state index >= 15 is 0 Å². The normalized spacial score (nSPS) is 11.9. The van der Waals surface area contributed by atoms with E-state index in [1.807, 2.05) is 23.5 Å². The Balaban J connectivity index is 1.11. The molecule has 0 saturated heterocycles. The zero-order valence-corrected chi connectivity index (χ0v) is 31.4. The van der Waals surface area contributed by atoms with Crippen molar-refractivity contribution >= 4 is 75.3 Å². The number of fused-ring (bicyclic) bond motifs is 10. The number of rotatable bonds is 5. The molecule has 0 atom stereocenters. The summed E-state index contributed by atoms with van der Waals surface area (Å²) < 4.78 is 11.2. The number of hydrogen-bond donors (Lipinski definition) is 0. The summed E-state index contributed by atoms with van der Waals surface area (Å²) in [6.07, 6.45) is 0. The van der Waals surface area contributed by atoms with Crippen LogP contribution < -0.4 is 0 Å². The van der Waals surface area contributed by atoms with Crippen molar-refractivity contribution in [2.75, 3.05) is 0 Å². The van der Waals surface area contributed by atoms with Gasteiger partial charge in [0.15, 0.2) is 5.82 Å². The minimum Gasteiger partial charge on any atom is -0.456 e. The first-order chi connectivity index (χ1) is 28.2. The molecule has 4 nitrogen and oxygen atoms in total. The van der Waals surface area contributed by atoms with Crippen LogP contribution in [0.15, 0.2) is 192 Å². The van der Waals surface area contributed by atoms with Gasteiger partial charge in [0, 0.05) is 59.4 Å². The van der Waals surface area contributed by atoms with Gasteiger partial charge in [0.25, 0.3) is 0 Å². The van der Waals surface area contributed by atoms with E-state index in [1.54, 1.807) is 0 Å². The van der Waals surface area contributed by atoms with Crippen LogP contribution in [0.2, 0.25) is 0 Å². The molecule has 0 spiro atoms. The van der Waals surface area contributed by atoms with Crippen LogP contribution in [0.3, 0.4) is 0 Å². The monoisotopic (exact) mass is 745 g/mol. The third-order valence-electron chi connectivity index (χ3n) is 11.2. The number of hydrogen-bond acceptors (Lipinski definition) is 4. The molecule has 0 radical (unpaired) electrons. The van der Waals surface area contributed by atoms with E-state index in [4.69, 9.17) is 14.4 Å². The molecule has 4 aromatic heterocycles. The highest BCUT2D eigenvalue weighted by Crippen LogP contribution is 2.46. The summed E-state index contributed by atoms with van der Waals surface area (Å²) in [7, 11) is 0. The van der Waals surface area contributed by atoms with Crippen LogP contribution in [0.5, 0.6) is 0 Å². The van der Waals surface area contributed by atoms with Gasteiger partial charge in [-0.15, -0.1) is 11.3 Å². The molecular formula is C52H31N3OS. The van der Waals surface area contributed by atoms with Gasteiger partial charge in [-0.3, -0.25) is 0 Å².